The first-order valence-corrected chi connectivity index (χ1v) is 6.10. The van der Waals surface area contributed by atoms with E-state index in [9.17, 15) is 5.11 Å². The van der Waals surface area contributed by atoms with Crippen LogP contribution >= 0.6 is 15.9 Å². The smallest absolute Gasteiger partial charge is 0.0635 e. The average Bonchev–Trinajstić information content (AvgIpc) is 2.28. The van der Waals surface area contributed by atoms with E-state index in [2.05, 4.69) is 15.9 Å². The lowest BCUT2D eigenvalue weighted by Crippen LogP contribution is -2.36. The van der Waals surface area contributed by atoms with E-state index in [1.807, 2.05) is 37.1 Å². The normalized spacial score (nSPS) is 12.6. The molecule has 1 unspecified atom stereocenters. The minimum atomic E-state index is -0.0435. The number of anilines is 1. The van der Waals surface area contributed by atoms with Gasteiger partial charge in [-0.3, -0.25) is 0 Å². The Hall–Kier alpha value is -0.580. The van der Waals surface area contributed by atoms with E-state index in [0.29, 0.717) is 6.42 Å². The molecule has 0 bridgehead atoms. The van der Waals surface area contributed by atoms with Gasteiger partial charge in [-0.25, -0.2) is 0 Å². The van der Waals surface area contributed by atoms with E-state index < -0.39 is 0 Å². The fraction of sp³-hybridized carbons (Fsp3) is 0.500. The molecule has 0 heterocycles. The van der Waals surface area contributed by atoms with Gasteiger partial charge in [0, 0.05) is 23.8 Å². The quantitative estimate of drug-likeness (QED) is 0.870. The second kappa shape index (κ2) is 6.23. The molecular weight excluding hydrogens is 270 g/mol. The Bertz CT molecular complexity index is 344. The fourth-order valence-electron chi connectivity index (χ4n) is 1.72. The number of hydrogen-bond acceptors (Lipinski definition) is 3. The van der Waals surface area contributed by atoms with Gasteiger partial charge in [0.25, 0.3) is 0 Å². The predicted molar refractivity (Wildman–Crippen MR) is 69.9 cm³/mol. The molecule has 2 N–H and O–H groups in total. The van der Waals surface area contributed by atoms with Crippen LogP contribution in [0.4, 0.5) is 5.69 Å². The summed E-state index contributed by atoms with van der Waals surface area (Å²) in [5.74, 6) is 0. The topological polar surface area (TPSA) is 43.7 Å². The first kappa shape index (κ1) is 13.5. The van der Waals surface area contributed by atoms with E-state index in [1.165, 1.54) is 0 Å². The fourth-order valence-corrected chi connectivity index (χ4v) is 2.06. The highest BCUT2D eigenvalue weighted by molar-refractivity contribution is 9.10. The maximum atomic E-state index is 9.28. The summed E-state index contributed by atoms with van der Waals surface area (Å²) >= 11 is 3.44. The molecule has 1 atom stereocenters. The number of halogens is 1. The molecule has 0 amide bonds. The SMILES string of the molecule is Cc1ccc(Br)cc1N(C)C(CO)CCO. The van der Waals surface area contributed by atoms with E-state index in [1.54, 1.807) is 0 Å². The van der Waals surface area contributed by atoms with Crippen LogP contribution in [0.2, 0.25) is 0 Å². The largest absolute Gasteiger partial charge is 0.396 e. The van der Waals surface area contributed by atoms with Crippen molar-refractivity contribution in [3.8, 4) is 0 Å². The standard InChI is InChI=1S/C12H18BrNO2/c1-9-3-4-10(13)7-12(9)14(2)11(8-16)5-6-15/h3-4,7,11,15-16H,5-6,8H2,1-2H3. The second-order valence-electron chi connectivity index (χ2n) is 3.89. The van der Waals surface area contributed by atoms with E-state index >= 15 is 0 Å². The average molecular weight is 288 g/mol. The van der Waals surface area contributed by atoms with Crippen LogP contribution < -0.4 is 4.90 Å². The number of hydrogen-bond donors (Lipinski definition) is 2. The second-order valence-corrected chi connectivity index (χ2v) is 4.81. The summed E-state index contributed by atoms with van der Waals surface area (Å²) in [4.78, 5) is 2.01. The number of nitrogens with zero attached hydrogens (tertiary/aromatic N) is 1. The van der Waals surface area contributed by atoms with Crippen molar-refractivity contribution in [1.82, 2.24) is 0 Å². The third-order valence-corrected chi connectivity index (χ3v) is 3.27. The van der Waals surface area contributed by atoms with Crippen LogP contribution in [0.1, 0.15) is 12.0 Å². The van der Waals surface area contributed by atoms with Gasteiger partial charge >= 0.3 is 0 Å². The molecule has 0 aromatic heterocycles. The van der Waals surface area contributed by atoms with Crippen molar-refractivity contribution in [3.05, 3.63) is 28.2 Å². The van der Waals surface area contributed by atoms with Gasteiger partial charge in [0.1, 0.15) is 0 Å². The summed E-state index contributed by atoms with van der Waals surface area (Å²) in [5.41, 5.74) is 2.23. The molecule has 4 heteroatoms. The highest BCUT2D eigenvalue weighted by atomic mass is 79.9. The van der Waals surface area contributed by atoms with Crippen LogP contribution in [0.5, 0.6) is 0 Å². The number of aliphatic hydroxyl groups excluding tert-OH is 2. The zero-order valence-corrected chi connectivity index (χ0v) is 11.2. The molecule has 0 radical (unpaired) electrons. The molecule has 0 aliphatic carbocycles. The van der Waals surface area contributed by atoms with Crippen LogP contribution in [-0.2, 0) is 0 Å². The van der Waals surface area contributed by atoms with Crippen LogP contribution in [0, 0.1) is 6.92 Å². The first-order chi connectivity index (χ1) is 7.60. The molecule has 0 saturated carbocycles. The lowest BCUT2D eigenvalue weighted by molar-refractivity contribution is 0.218. The van der Waals surface area contributed by atoms with Crippen molar-refractivity contribution in [2.75, 3.05) is 25.2 Å². The van der Waals surface area contributed by atoms with Crippen molar-refractivity contribution in [1.29, 1.82) is 0 Å². The Kier molecular flexibility index (Phi) is 5.25. The summed E-state index contributed by atoms with van der Waals surface area (Å²) in [6, 6.07) is 6.00. The van der Waals surface area contributed by atoms with Crippen molar-refractivity contribution in [2.24, 2.45) is 0 Å². The Morgan fingerprint density at radius 3 is 2.62 bits per heavy atom. The summed E-state index contributed by atoms with van der Waals surface area (Å²) in [6.45, 7) is 2.16. The molecule has 16 heavy (non-hydrogen) atoms. The third kappa shape index (κ3) is 3.20. The zero-order valence-electron chi connectivity index (χ0n) is 9.65. The minimum absolute atomic E-state index is 0.0435. The molecule has 0 saturated heterocycles. The number of likely N-dealkylation sites (N-methyl/N-ethyl adjacent to an activating group) is 1. The van der Waals surface area contributed by atoms with Gasteiger partial charge in [-0.1, -0.05) is 22.0 Å². The molecule has 1 rings (SSSR count). The van der Waals surface area contributed by atoms with E-state index in [-0.39, 0.29) is 19.3 Å². The number of aryl methyl sites for hydroxylation is 1. The molecule has 3 nitrogen and oxygen atoms in total. The van der Waals surface area contributed by atoms with Gasteiger partial charge in [-0.2, -0.15) is 0 Å². The maximum absolute atomic E-state index is 9.28. The molecule has 0 aliphatic heterocycles. The Morgan fingerprint density at radius 1 is 1.38 bits per heavy atom. The minimum Gasteiger partial charge on any atom is -0.396 e. The van der Waals surface area contributed by atoms with Crippen LogP contribution in [0.15, 0.2) is 22.7 Å². The Labute approximate surface area is 105 Å². The van der Waals surface area contributed by atoms with E-state index in [4.69, 9.17) is 5.11 Å². The zero-order chi connectivity index (χ0) is 12.1. The van der Waals surface area contributed by atoms with Crippen molar-refractivity contribution in [2.45, 2.75) is 19.4 Å². The highest BCUT2D eigenvalue weighted by Gasteiger charge is 2.15. The lowest BCUT2D eigenvalue weighted by atomic mass is 10.1. The van der Waals surface area contributed by atoms with Gasteiger partial charge in [0.05, 0.1) is 12.6 Å². The molecule has 1 aromatic carbocycles. The predicted octanol–water partition coefficient (Wildman–Crippen LogP) is 1.94. The molecule has 0 fully saturated rings. The van der Waals surface area contributed by atoms with Crippen molar-refractivity contribution in [3.63, 3.8) is 0 Å². The first-order valence-electron chi connectivity index (χ1n) is 5.30. The Morgan fingerprint density at radius 2 is 2.06 bits per heavy atom. The summed E-state index contributed by atoms with van der Waals surface area (Å²) in [6.07, 6.45) is 0.568. The summed E-state index contributed by atoms with van der Waals surface area (Å²) in [7, 11) is 1.94. The summed E-state index contributed by atoms with van der Waals surface area (Å²) in [5, 5.41) is 18.2. The number of benzene rings is 1. The number of rotatable bonds is 5. The van der Waals surface area contributed by atoms with E-state index in [0.717, 1.165) is 15.7 Å². The van der Waals surface area contributed by atoms with Crippen LogP contribution in [-0.4, -0.2) is 36.5 Å². The third-order valence-electron chi connectivity index (χ3n) is 2.77. The van der Waals surface area contributed by atoms with Gasteiger partial charge in [0.2, 0.25) is 0 Å². The van der Waals surface area contributed by atoms with Crippen LogP contribution in [0.3, 0.4) is 0 Å². The van der Waals surface area contributed by atoms with Gasteiger partial charge in [-0.05, 0) is 31.0 Å². The van der Waals surface area contributed by atoms with Crippen LogP contribution in [0.25, 0.3) is 0 Å². The lowest BCUT2D eigenvalue weighted by Gasteiger charge is -2.29. The maximum Gasteiger partial charge on any atom is 0.0635 e. The van der Waals surface area contributed by atoms with Crippen molar-refractivity contribution >= 4 is 21.6 Å². The highest BCUT2D eigenvalue weighted by Crippen LogP contribution is 2.25. The Balaban J connectivity index is 2.93. The van der Waals surface area contributed by atoms with Crippen molar-refractivity contribution < 1.29 is 10.2 Å². The van der Waals surface area contributed by atoms with Gasteiger partial charge in [-0.15, -0.1) is 0 Å². The van der Waals surface area contributed by atoms with Gasteiger partial charge in [0.15, 0.2) is 0 Å². The summed E-state index contributed by atoms with van der Waals surface area (Å²) < 4.78 is 1.01. The molecule has 90 valence electrons. The molecule has 0 spiro atoms. The molecular formula is C12H18BrNO2. The molecule has 1 aromatic rings. The number of aliphatic hydroxyl groups is 2. The molecule has 0 aliphatic rings. The van der Waals surface area contributed by atoms with Gasteiger partial charge < -0.3 is 15.1 Å². The monoisotopic (exact) mass is 287 g/mol.